The van der Waals surface area contributed by atoms with E-state index in [0.717, 1.165) is 41.8 Å². The van der Waals surface area contributed by atoms with Gasteiger partial charge in [-0.2, -0.15) is 5.10 Å². The van der Waals surface area contributed by atoms with Crippen molar-refractivity contribution in [2.45, 2.75) is 33.1 Å². The van der Waals surface area contributed by atoms with Crippen molar-refractivity contribution in [3.63, 3.8) is 0 Å². The molecule has 1 aromatic heterocycles. The number of aryl methyl sites for hydroxylation is 2. The zero-order valence-corrected chi connectivity index (χ0v) is 16.0. The lowest BCUT2D eigenvalue weighted by Crippen LogP contribution is -2.42. The van der Waals surface area contributed by atoms with Gasteiger partial charge in [0.1, 0.15) is 0 Å². The molecule has 0 unspecified atom stereocenters. The Morgan fingerprint density at radius 3 is 2.39 bits per heavy atom. The number of rotatable bonds is 3. The maximum Gasteiger partial charge on any atom is 0.290 e. The number of benzene rings is 2. The second-order valence-electron chi connectivity index (χ2n) is 7.10. The fourth-order valence-corrected chi connectivity index (χ4v) is 3.59. The first-order valence-corrected chi connectivity index (χ1v) is 9.38. The van der Waals surface area contributed by atoms with Crippen molar-refractivity contribution < 1.29 is 9.59 Å². The fraction of sp³-hybridized carbons (Fsp3) is 0.227. The van der Waals surface area contributed by atoms with Crippen LogP contribution in [-0.4, -0.2) is 21.6 Å². The van der Waals surface area contributed by atoms with Gasteiger partial charge in [-0.3, -0.25) is 20.4 Å². The third kappa shape index (κ3) is 3.29. The summed E-state index contributed by atoms with van der Waals surface area (Å²) < 4.78 is 1.85. The lowest BCUT2D eigenvalue weighted by atomic mass is 10.1. The summed E-state index contributed by atoms with van der Waals surface area (Å²) in [5.74, 6) is -0.744. The molecule has 6 heteroatoms. The van der Waals surface area contributed by atoms with Crippen molar-refractivity contribution in [3.8, 4) is 5.69 Å². The largest absolute Gasteiger partial charge is 0.290 e. The molecule has 0 saturated carbocycles. The Hall–Kier alpha value is -3.41. The Morgan fingerprint density at radius 2 is 1.64 bits per heavy atom. The molecule has 0 atom stereocenters. The number of nitrogens with zero attached hydrogens (tertiary/aromatic N) is 2. The first-order valence-electron chi connectivity index (χ1n) is 9.38. The highest BCUT2D eigenvalue weighted by Gasteiger charge is 2.27. The van der Waals surface area contributed by atoms with Crippen LogP contribution in [0.4, 0.5) is 0 Å². The van der Waals surface area contributed by atoms with E-state index in [4.69, 9.17) is 0 Å². The van der Waals surface area contributed by atoms with Gasteiger partial charge in [0.15, 0.2) is 5.69 Å². The molecule has 0 spiro atoms. The van der Waals surface area contributed by atoms with Gasteiger partial charge in [0.05, 0.1) is 5.69 Å². The van der Waals surface area contributed by atoms with Crippen molar-refractivity contribution in [1.82, 2.24) is 20.6 Å². The van der Waals surface area contributed by atoms with Gasteiger partial charge in [0.2, 0.25) is 0 Å². The minimum atomic E-state index is -0.397. The fourth-order valence-electron chi connectivity index (χ4n) is 3.59. The quantitative estimate of drug-likeness (QED) is 0.692. The molecule has 2 N–H and O–H groups in total. The molecule has 28 heavy (non-hydrogen) atoms. The van der Waals surface area contributed by atoms with E-state index < -0.39 is 5.91 Å². The van der Waals surface area contributed by atoms with Gasteiger partial charge >= 0.3 is 0 Å². The van der Waals surface area contributed by atoms with Gasteiger partial charge < -0.3 is 0 Å². The van der Waals surface area contributed by atoms with Crippen molar-refractivity contribution >= 4 is 11.8 Å². The average Bonchev–Trinajstić information content (AvgIpc) is 3.30. The Labute approximate surface area is 163 Å². The van der Waals surface area contributed by atoms with Crippen molar-refractivity contribution in [2.75, 3.05) is 0 Å². The molecule has 142 valence electrons. The summed E-state index contributed by atoms with van der Waals surface area (Å²) in [5.41, 5.74) is 10.9. The van der Waals surface area contributed by atoms with Crippen LogP contribution < -0.4 is 10.9 Å². The van der Waals surface area contributed by atoms with Crippen LogP contribution in [-0.2, 0) is 12.8 Å². The van der Waals surface area contributed by atoms with Crippen LogP contribution in [0.2, 0.25) is 0 Å². The van der Waals surface area contributed by atoms with Gasteiger partial charge in [-0.15, -0.1) is 0 Å². The predicted octanol–water partition coefficient (Wildman–Crippen LogP) is 3.05. The number of hydrazine groups is 1. The van der Waals surface area contributed by atoms with E-state index in [1.165, 1.54) is 5.56 Å². The third-order valence-corrected chi connectivity index (χ3v) is 5.10. The Kier molecular flexibility index (Phi) is 4.69. The molecule has 1 aliphatic carbocycles. The maximum atomic E-state index is 12.7. The molecule has 0 saturated heterocycles. The second kappa shape index (κ2) is 7.31. The molecule has 2 amide bonds. The monoisotopic (exact) mass is 374 g/mol. The van der Waals surface area contributed by atoms with E-state index in [1.54, 1.807) is 12.1 Å². The highest BCUT2D eigenvalue weighted by molar-refractivity contribution is 5.99. The number of amides is 2. The zero-order chi connectivity index (χ0) is 19.7. The van der Waals surface area contributed by atoms with E-state index in [1.807, 2.05) is 54.9 Å². The minimum Gasteiger partial charge on any atom is -0.267 e. The molecule has 1 heterocycles. The molecule has 0 bridgehead atoms. The highest BCUT2D eigenvalue weighted by atomic mass is 16.2. The van der Waals surface area contributed by atoms with Crippen LogP contribution in [0.1, 0.15) is 49.7 Å². The van der Waals surface area contributed by atoms with Crippen molar-refractivity contribution in [3.05, 3.63) is 82.2 Å². The molecule has 3 aromatic rings. The molecule has 4 rings (SSSR count). The van der Waals surface area contributed by atoms with Gasteiger partial charge in [-0.25, -0.2) is 4.68 Å². The molecular formula is C22H22N4O2. The molecule has 0 fully saturated rings. The lowest BCUT2D eigenvalue weighted by Gasteiger charge is -2.08. The summed E-state index contributed by atoms with van der Waals surface area (Å²) in [6, 6.07) is 15.3. The number of fused-ring (bicyclic) bond motifs is 1. The van der Waals surface area contributed by atoms with Crippen LogP contribution in [0.5, 0.6) is 0 Å². The summed E-state index contributed by atoms with van der Waals surface area (Å²) in [5, 5.41) is 4.55. The molecule has 2 aromatic carbocycles. The number of aromatic nitrogens is 2. The van der Waals surface area contributed by atoms with E-state index in [0.29, 0.717) is 11.3 Å². The summed E-state index contributed by atoms with van der Waals surface area (Å²) >= 11 is 0. The predicted molar refractivity (Wildman–Crippen MR) is 106 cm³/mol. The minimum absolute atomic E-state index is 0.346. The summed E-state index contributed by atoms with van der Waals surface area (Å²) in [4.78, 5) is 25.1. The number of nitrogens with one attached hydrogen (secondary N) is 2. The smallest absolute Gasteiger partial charge is 0.267 e. The number of hydrogen-bond donors (Lipinski definition) is 2. The molecule has 0 radical (unpaired) electrons. The molecule has 0 aliphatic heterocycles. The summed E-state index contributed by atoms with van der Waals surface area (Å²) in [6.45, 7) is 3.89. The van der Waals surface area contributed by atoms with Crippen molar-refractivity contribution in [1.29, 1.82) is 0 Å². The SMILES string of the molecule is Cc1ccc(-n2nc(C(=O)NNC(=O)c3ccccc3C)c3c2CCC3)cc1. The summed E-state index contributed by atoms with van der Waals surface area (Å²) in [6.07, 6.45) is 2.70. The standard InChI is InChI=1S/C22H22N4O2/c1-14-10-12-16(13-11-14)26-19-9-5-8-18(19)20(25-26)22(28)24-23-21(27)17-7-4-3-6-15(17)2/h3-4,6-7,10-13H,5,8-9H2,1-2H3,(H,23,27)(H,24,28). The van der Waals surface area contributed by atoms with Crippen LogP contribution in [0.15, 0.2) is 48.5 Å². The van der Waals surface area contributed by atoms with E-state index >= 15 is 0 Å². The molecule has 6 nitrogen and oxygen atoms in total. The van der Waals surface area contributed by atoms with Gasteiger partial charge in [0.25, 0.3) is 11.8 Å². The van der Waals surface area contributed by atoms with Crippen LogP contribution >= 0.6 is 0 Å². The maximum absolute atomic E-state index is 12.7. The number of hydrogen-bond acceptors (Lipinski definition) is 3. The molecular weight excluding hydrogens is 352 g/mol. The Morgan fingerprint density at radius 1 is 0.929 bits per heavy atom. The van der Waals surface area contributed by atoms with Gasteiger partial charge in [-0.05, 0) is 56.9 Å². The van der Waals surface area contributed by atoms with Gasteiger partial charge in [0, 0.05) is 16.8 Å². The van der Waals surface area contributed by atoms with Crippen LogP contribution in [0.25, 0.3) is 5.69 Å². The highest BCUT2D eigenvalue weighted by Crippen LogP contribution is 2.27. The van der Waals surface area contributed by atoms with Crippen LogP contribution in [0.3, 0.4) is 0 Å². The third-order valence-electron chi connectivity index (χ3n) is 5.10. The summed E-state index contributed by atoms with van der Waals surface area (Å²) in [7, 11) is 0. The lowest BCUT2D eigenvalue weighted by molar-refractivity contribution is 0.0842. The second-order valence-corrected chi connectivity index (χ2v) is 7.10. The van der Waals surface area contributed by atoms with Gasteiger partial charge in [-0.1, -0.05) is 35.9 Å². The average molecular weight is 374 g/mol. The van der Waals surface area contributed by atoms with E-state index in [9.17, 15) is 9.59 Å². The first kappa shape index (κ1) is 18.0. The normalized spacial score (nSPS) is 12.5. The first-order chi connectivity index (χ1) is 13.5. The van der Waals surface area contributed by atoms with Crippen molar-refractivity contribution in [2.24, 2.45) is 0 Å². The van der Waals surface area contributed by atoms with E-state index in [2.05, 4.69) is 16.0 Å². The van der Waals surface area contributed by atoms with Crippen LogP contribution in [0, 0.1) is 13.8 Å². The van der Waals surface area contributed by atoms with E-state index in [-0.39, 0.29) is 5.91 Å². The topological polar surface area (TPSA) is 76.0 Å². The number of carbonyl (C=O) groups is 2. The Bertz CT molecular complexity index is 1050. The molecule has 1 aliphatic rings. The Balaban J connectivity index is 1.55. The number of carbonyl (C=O) groups excluding carboxylic acids is 2. The zero-order valence-electron chi connectivity index (χ0n) is 16.0.